The first-order chi connectivity index (χ1) is 7.89. The number of nitrogens with two attached hydrogens (primary N) is 1. The van der Waals surface area contributed by atoms with Crippen molar-refractivity contribution in [2.45, 2.75) is 77.4 Å². The van der Waals surface area contributed by atoms with Gasteiger partial charge in [0.15, 0.2) is 0 Å². The van der Waals surface area contributed by atoms with Gasteiger partial charge in [0.05, 0.1) is 6.10 Å². The minimum absolute atomic E-state index is 0.0662. The van der Waals surface area contributed by atoms with Gasteiger partial charge in [-0.1, -0.05) is 20.8 Å². The molecule has 0 aromatic heterocycles. The first-order valence-corrected chi connectivity index (χ1v) is 7.30. The number of hydrogen-bond donors (Lipinski definition) is 1. The van der Waals surface area contributed by atoms with Gasteiger partial charge in [0.1, 0.15) is 0 Å². The van der Waals surface area contributed by atoms with E-state index in [4.69, 9.17) is 10.5 Å². The van der Waals surface area contributed by atoms with Crippen LogP contribution in [0, 0.1) is 11.3 Å². The van der Waals surface area contributed by atoms with Crippen molar-refractivity contribution in [2.75, 3.05) is 6.61 Å². The molecular formula is C15H29NO. The molecule has 2 fully saturated rings. The highest BCUT2D eigenvalue weighted by Gasteiger charge is 2.38. The molecule has 100 valence electrons. The van der Waals surface area contributed by atoms with E-state index in [9.17, 15) is 0 Å². The van der Waals surface area contributed by atoms with Crippen molar-refractivity contribution >= 4 is 0 Å². The Hall–Kier alpha value is -0.0800. The van der Waals surface area contributed by atoms with Crippen LogP contribution in [0.5, 0.6) is 0 Å². The van der Waals surface area contributed by atoms with Crippen LogP contribution in [0.25, 0.3) is 0 Å². The van der Waals surface area contributed by atoms with Crippen molar-refractivity contribution in [1.82, 2.24) is 0 Å². The van der Waals surface area contributed by atoms with Crippen LogP contribution in [0.3, 0.4) is 0 Å². The molecule has 1 saturated heterocycles. The van der Waals surface area contributed by atoms with Gasteiger partial charge in [0, 0.05) is 12.1 Å². The third-order valence-electron chi connectivity index (χ3n) is 4.86. The summed E-state index contributed by atoms with van der Waals surface area (Å²) < 4.78 is 5.73. The minimum Gasteiger partial charge on any atom is -0.378 e. The molecule has 1 unspecified atom stereocenters. The smallest absolute Gasteiger partial charge is 0.0593 e. The molecule has 1 saturated carbocycles. The molecule has 2 aliphatic rings. The van der Waals surface area contributed by atoms with Crippen LogP contribution in [0.4, 0.5) is 0 Å². The molecule has 0 amide bonds. The van der Waals surface area contributed by atoms with Gasteiger partial charge in [-0.2, -0.15) is 0 Å². The summed E-state index contributed by atoms with van der Waals surface area (Å²) in [5, 5.41) is 0. The van der Waals surface area contributed by atoms with E-state index < -0.39 is 0 Å². The summed E-state index contributed by atoms with van der Waals surface area (Å²) in [4.78, 5) is 0. The summed E-state index contributed by atoms with van der Waals surface area (Å²) in [5.41, 5.74) is 7.08. The third kappa shape index (κ3) is 3.45. The normalized spacial score (nSPS) is 39.5. The Labute approximate surface area is 106 Å². The van der Waals surface area contributed by atoms with Crippen LogP contribution in [0.15, 0.2) is 0 Å². The predicted octanol–water partition coefficient (Wildman–Crippen LogP) is 3.49. The molecule has 0 aromatic carbocycles. The number of rotatable bonds is 2. The molecule has 0 radical (unpaired) electrons. The lowest BCUT2D eigenvalue weighted by molar-refractivity contribution is 0.0581. The Kier molecular flexibility index (Phi) is 3.84. The third-order valence-corrected chi connectivity index (χ3v) is 4.86. The Balaban J connectivity index is 1.84. The Morgan fingerprint density at radius 3 is 2.29 bits per heavy atom. The molecule has 0 spiro atoms. The molecule has 2 heteroatoms. The molecule has 1 aliphatic heterocycles. The number of ether oxygens (including phenoxy) is 1. The van der Waals surface area contributed by atoms with Crippen molar-refractivity contribution in [1.29, 1.82) is 0 Å². The second kappa shape index (κ2) is 4.89. The lowest BCUT2D eigenvalue weighted by atomic mass is 9.66. The average Bonchev–Trinajstić information content (AvgIpc) is 2.68. The van der Waals surface area contributed by atoms with Crippen LogP contribution in [0.1, 0.15) is 65.7 Å². The van der Waals surface area contributed by atoms with Gasteiger partial charge in [-0.3, -0.25) is 0 Å². The molecule has 0 bridgehead atoms. The SMILES string of the molecule is CC(C)(C)C1CCC(N)(CC2CCCO2)CC1. The molecule has 1 aliphatic carbocycles. The fourth-order valence-corrected chi connectivity index (χ4v) is 3.52. The summed E-state index contributed by atoms with van der Waals surface area (Å²) in [7, 11) is 0. The van der Waals surface area contributed by atoms with Crippen LogP contribution in [-0.2, 0) is 4.74 Å². The van der Waals surface area contributed by atoms with Gasteiger partial charge in [-0.15, -0.1) is 0 Å². The van der Waals surface area contributed by atoms with Crippen molar-refractivity contribution in [3.05, 3.63) is 0 Å². The Morgan fingerprint density at radius 2 is 1.82 bits per heavy atom. The monoisotopic (exact) mass is 239 g/mol. The minimum atomic E-state index is 0.0662. The highest BCUT2D eigenvalue weighted by atomic mass is 16.5. The van der Waals surface area contributed by atoms with E-state index in [0.717, 1.165) is 18.9 Å². The zero-order valence-electron chi connectivity index (χ0n) is 11.8. The highest BCUT2D eigenvalue weighted by molar-refractivity contribution is 4.94. The molecule has 0 aromatic rings. The summed E-state index contributed by atoms with van der Waals surface area (Å²) in [6, 6.07) is 0. The van der Waals surface area contributed by atoms with E-state index in [1.165, 1.54) is 38.5 Å². The molecule has 1 heterocycles. The van der Waals surface area contributed by atoms with Gasteiger partial charge in [-0.05, 0) is 56.3 Å². The molecule has 17 heavy (non-hydrogen) atoms. The zero-order chi connectivity index (χ0) is 12.5. The van der Waals surface area contributed by atoms with Crippen molar-refractivity contribution in [2.24, 2.45) is 17.1 Å². The Morgan fingerprint density at radius 1 is 1.18 bits per heavy atom. The van der Waals surface area contributed by atoms with Crippen LogP contribution >= 0.6 is 0 Å². The quantitative estimate of drug-likeness (QED) is 0.800. The summed E-state index contributed by atoms with van der Waals surface area (Å²) in [5.74, 6) is 0.851. The van der Waals surface area contributed by atoms with E-state index in [-0.39, 0.29) is 5.54 Å². The van der Waals surface area contributed by atoms with Crippen molar-refractivity contribution < 1.29 is 4.74 Å². The van der Waals surface area contributed by atoms with E-state index in [1.54, 1.807) is 0 Å². The lowest BCUT2D eigenvalue weighted by Crippen LogP contribution is -2.47. The average molecular weight is 239 g/mol. The predicted molar refractivity (Wildman–Crippen MR) is 71.9 cm³/mol. The molecule has 2 N–H and O–H groups in total. The van der Waals surface area contributed by atoms with E-state index in [0.29, 0.717) is 11.5 Å². The van der Waals surface area contributed by atoms with E-state index in [2.05, 4.69) is 20.8 Å². The number of hydrogen-bond acceptors (Lipinski definition) is 2. The standard InChI is InChI=1S/C15H29NO/c1-14(2,3)12-6-8-15(16,9-7-12)11-13-5-4-10-17-13/h12-13H,4-11,16H2,1-3H3. The fourth-order valence-electron chi connectivity index (χ4n) is 3.52. The van der Waals surface area contributed by atoms with Crippen molar-refractivity contribution in [3.8, 4) is 0 Å². The van der Waals surface area contributed by atoms with Crippen molar-refractivity contribution in [3.63, 3.8) is 0 Å². The fraction of sp³-hybridized carbons (Fsp3) is 1.00. The maximum Gasteiger partial charge on any atom is 0.0593 e. The molecule has 2 nitrogen and oxygen atoms in total. The topological polar surface area (TPSA) is 35.2 Å². The van der Waals surface area contributed by atoms with Gasteiger partial charge in [-0.25, -0.2) is 0 Å². The molecule has 2 rings (SSSR count). The summed E-state index contributed by atoms with van der Waals surface area (Å²) >= 11 is 0. The second-order valence-corrected chi connectivity index (χ2v) is 7.34. The van der Waals surface area contributed by atoms with Crippen LogP contribution in [-0.4, -0.2) is 18.2 Å². The first-order valence-electron chi connectivity index (χ1n) is 7.30. The first kappa shape index (κ1) is 13.4. The van der Waals surface area contributed by atoms with Crippen LogP contribution < -0.4 is 5.73 Å². The highest BCUT2D eigenvalue weighted by Crippen LogP contribution is 2.42. The largest absolute Gasteiger partial charge is 0.378 e. The Bertz CT molecular complexity index is 242. The van der Waals surface area contributed by atoms with E-state index in [1.807, 2.05) is 0 Å². The van der Waals surface area contributed by atoms with Gasteiger partial charge >= 0.3 is 0 Å². The van der Waals surface area contributed by atoms with Crippen LogP contribution in [0.2, 0.25) is 0 Å². The maximum atomic E-state index is 6.56. The summed E-state index contributed by atoms with van der Waals surface area (Å²) in [6.07, 6.45) is 8.96. The van der Waals surface area contributed by atoms with Gasteiger partial charge in [0.25, 0.3) is 0 Å². The molecular weight excluding hydrogens is 210 g/mol. The maximum absolute atomic E-state index is 6.56. The second-order valence-electron chi connectivity index (χ2n) is 7.34. The zero-order valence-corrected chi connectivity index (χ0v) is 11.8. The summed E-state index contributed by atoms with van der Waals surface area (Å²) in [6.45, 7) is 8.04. The van der Waals surface area contributed by atoms with Gasteiger partial charge < -0.3 is 10.5 Å². The van der Waals surface area contributed by atoms with E-state index >= 15 is 0 Å². The lowest BCUT2D eigenvalue weighted by Gasteiger charge is -2.43. The van der Waals surface area contributed by atoms with Gasteiger partial charge in [0.2, 0.25) is 0 Å². The molecule has 1 atom stereocenters.